The average molecular weight is 289 g/mol. The van der Waals surface area contributed by atoms with Crippen LogP contribution in [0.3, 0.4) is 0 Å². The summed E-state index contributed by atoms with van der Waals surface area (Å²) in [5.41, 5.74) is 8.11. The molecular formula is C16H17ClN2O. The van der Waals surface area contributed by atoms with Crippen LogP contribution in [0.2, 0.25) is 5.02 Å². The number of nitrogen functional groups attached to an aromatic ring is 1. The van der Waals surface area contributed by atoms with E-state index in [1.54, 1.807) is 12.1 Å². The van der Waals surface area contributed by atoms with Gasteiger partial charge in [0.15, 0.2) is 0 Å². The van der Waals surface area contributed by atoms with Gasteiger partial charge in [-0.05, 0) is 35.7 Å². The maximum atomic E-state index is 12.0. The fraction of sp³-hybridized carbons (Fsp3) is 0.188. The first-order valence-corrected chi connectivity index (χ1v) is 6.84. The number of hydrogen-bond donors (Lipinski definition) is 2. The lowest BCUT2D eigenvalue weighted by atomic mass is 9.97. The van der Waals surface area contributed by atoms with Crippen LogP contribution in [0.4, 0.5) is 11.4 Å². The summed E-state index contributed by atoms with van der Waals surface area (Å²) >= 11 is 6.01. The van der Waals surface area contributed by atoms with Gasteiger partial charge in [0.05, 0.1) is 10.7 Å². The predicted octanol–water partition coefficient (Wildman–Crippen LogP) is 4.05. The Hall–Kier alpha value is -2.00. The molecular weight excluding hydrogens is 272 g/mol. The highest BCUT2D eigenvalue weighted by Crippen LogP contribution is 2.23. The number of rotatable bonds is 4. The highest BCUT2D eigenvalue weighted by atomic mass is 35.5. The molecule has 0 heterocycles. The molecule has 0 aromatic heterocycles. The molecule has 0 aliphatic rings. The summed E-state index contributed by atoms with van der Waals surface area (Å²) in [5.74, 6) is 0.0699. The first-order valence-electron chi connectivity index (χ1n) is 6.46. The second kappa shape index (κ2) is 6.44. The van der Waals surface area contributed by atoms with Crippen molar-refractivity contribution in [1.29, 1.82) is 0 Å². The van der Waals surface area contributed by atoms with Crippen LogP contribution >= 0.6 is 11.6 Å². The van der Waals surface area contributed by atoms with Crippen molar-refractivity contribution in [3.8, 4) is 0 Å². The van der Waals surface area contributed by atoms with Gasteiger partial charge in [-0.15, -0.1) is 0 Å². The molecule has 0 spiro atoms. The van der Waals surface area contributed by atoms with Crippen molar-refractivity contribution in [1.82, 2.24) is 0 Å². The number of nitrogens with two attached hydrogens (primary N) is 1. The molecule has 104 valence electrons. The highest BCUT2D eigenvalue weighted by Gasteiger charge is 2.12. The molecule has 0 saturated carbocycles. The lowest BCUT2D eigenvalue weighted by Gasteiger charge is -2.13. The van der Waals surface area contributed by atoms with Crippen molar-refractivity contribution in [2.45, 2.75) is 19.3 Å². The summed E-state index contributed by atoms with van der Waals surface area (Å²) in [4.78, 5) is 12.0. The van der Waals surface area contributed by atoms with E-state index >= 15 is 0 Å². The van der Waals surface area contributed by atoms with Gasteiger partial charge in [0.1, 0.15) is 0 Å². The van der Waals surface area contributed by atoms with Crippen LogP contribution in [-0.4, -0.2) is 5.91 Å². The second-order valence-electron chi connectivity index (χ2n) is 4.80. The number of carbonyl (C=O) groups is 1. The summed E-state index contributed by atoms with van der Waals surface area (Å²) in [5, 5.41) is 3.37. The minimum Gasteiger partial charge on any atom is -0.399 e. The number of amides is 1. The van der Waals surface area contributed by atoms with Crippen LogP contribution in [0.25, 0.3) is 0 Å². The van der Waals surface area contributed by atoms with E-state index in [-0.39, 0.29) is 11.8 Å². The number of nitrogens with one attached hydrogen (secondary N) is 1. The average Bonchev–Trinajstić information content (AvgIpc) is 2.42. The smallest absolute Gasteiger partial charge is 0.225 e. The molecule has 0 aliphatic carbocycles. The topological polar surface area (TPSA) is 55.1 Å². The molecule has 3 nitrogen and oxygen atoms in total. The zero-order valence-corrected chi connectivity index (χ0v) is 12.0. The normalized spacial score (nSPS) is 11.9. The van der Waals surface area contributed by atoms with Crippen molar-refractivity contribution in [3.05, 3.63) is 59.1 Å². The van der Waals surface area contributed by atoms with Crippen LogP contribution in [0.5, 0.6) is 0 Å². The van der Waals surface area contributed by atoms with Gasteiger partial charge < -0.3 is 11.1 Å². The molecule has 1 atom stereocenters. The van der Waals surface area contributed by atoms with Gasteiger partial charge in [0.2, 0.25) is 5.91 Å². The van der Waals surface area contributed by atoms with Crippen molar-refractivity contribution in [3.63, 3.8) is 0 Å². The van der Waals surface area contributed by atoms with E-state index in [1.807, 2.05) is 43.3 Å². The molecule has 1 unspecified atom stereocenters. The molecule has 0 radical (unpaired) electrons. The van der Waals surface area contributed by atoms with Crippen molar-refractivity contribution in [2.75, 3.05) is 11.1 Å². The van der Waals surface area contributed by atoms with Gasteiger partial charge in [-0.25, -0.2) is 0 Å². The van der Waals surface area contributed by atoms with E-state index in [0.29, 0.717) is 17.1 Å². The zero-order valence-electron chi connectivity index (χ0n) is 11.3. The zero-order chi connectivity index (χ0) is 14.5. The van der Waals surface area contributed by atoms with Crippen molar-refractivity contribution < 1.29 is 4.79 Å². The Balaban J connectivity index is 1.98. The van der Waals surface area contributed by atoms with Crippen LogP contribution in [0.15, 0.2) is 48.5 Å². The number of anilines is 2. The SMILES string of the molecule is CC(CC(=O)Nc1ccccc1Cl)c1ccc(N)cc1. The third-order valence-electron chi connectivity index (χ3n) is 3.15. The second-order valence-corrected chi connectivity index (χ2v) is 5.21. The number of benzene rings is 2. The number of halogens is 1. The molecule has 0 aliphatic heterocycles. The standard InChI is InChI=1S/C16H17ClN2O/c1-11(12-6-8-13(18)9-7-12)10-16(20)19-15-5-3-2-4-14(15)17/h2-9,11H,10,18H2,1H3,(H,19,20). The van der Waals surface area contributed by atoms with E-state index in [1.165, 1.54) is 0 Å². The maximum Gasteiger partial charge on any atom is 0.225 e. The van der Waals surface area contributed by atoms with Crippen LogP contribution in [0, 0.1) is 0 Å². The van der Waals surface area contributed by atoms with E-state index < -0.39 is 0 Å². The molecule has 4 heteroatoms. The monoisotopic (exact) mass is 288 g/mol. The quantitative estimate of drug-likeness (QED) is 0.834. The molecule has 3 N–H and O–H groups in total. The lowest BCUT2D eigenvalue weighted by molar-refractivity contribution is -0.116. The Kier molecular flexibility index (Phi) is 4.64. The Labute approximate surface area is 123 Å². The van der Waals surface area contributed by atoms with Gasteiger partial charge >= 0.3 is 0 Å². The van der Waals surface area contributed by atoms with E-state index in [0.717, 1.165) is 11.3 Å². The highest BCUT2D eigenvalue weighted by molar-refractivity contribution is 6.33. The van der Waals surface area contributed by atoms with Crippen LogP contribution in [-0.2, 0) is 4.79 Å². The first-order chi connectivity index (χ1) is 9.56. The van der Waals surface area contributed by atoms with E-state index in [4.69, 9.17) is 17.3 Å². The maximum absolute atomic E-state index is 12.0. The third kappa shape index (κ3) is 3.75. The van der Waals surface area contributed by atoms with E-state index in [2.05, 4.69) is 5.32 Å². The molecule has 0 bridgehead atoms. The molecule has 0 saturated heterocycles. The fourth-order valence-electron chi connectivity index (χ4n) is 1.98. The number of carbonyl (C=O) groups excluding carboxylic acids is 1. The summed E-state index contributed by atoms with van der Waals surface area (Å²) < 4.78 is 0. The summed E-state index contributed by atoms with van der Waals surface area (Å²) in [6.45, 7) is 2.01. The predicted molar refractivity (Wildman–Crippen MR) is 84.0 cm³/mol. The van der Waals surface area contributed by atoms with Gasteiger partial charge in [-0.3, -0.25) is 4.79 Å². The summed E-state index contributed by atoms with van der Waals surface area (Å²) in [7, 11) is 0. The van der Waals surface area contributed by atoms with Crippen molar-refractivity contribution >= 4 is 28.9 Å². The van der Waals surface area contributed by atoms with Gasteiger partial charge in [0, 0.05) is 12.1 Å². The number of para-hydroxylation sites is 1. The third-order valence-corrected chi connectivity index (χ3v) is 3.47. The molecule has 20 heavy (non-hydrogen) atoms. The van der Waals surface area contributed by atoms with Gasteiger partial charge in [0.25, 0.3) is 0 Å². The minimum atomic E-state index is -0.0533. The molecule has 2 rings (SSSR count). The summed E-state index contributed by atoms with van der Waals surface area (Å²) in [6.07, 6.45) is 0.398. The minimum absolute atomic E-state index is 0.0533. The fourth-order valence-corrected chi connectivity index (χ4v) is 2.17. The number of hydrogen-bond acceptors (Lipinski definition) is 2. The Morgan fingerprint density at radius 1 is 1.20 bits per heavy atom. The Bertz CT molecular complexity index is 596. The van der Waals surface area contributed by atoms with E-state index in [9.17, 15) is 4.79 Å². The first kappa shape index (κ1) is 14.4. The summed E-state index contributed by atoms with van der Waals surface area (Å²) in [6, 6.07) is 14.8. The Morgan fingerprint density at radius 3 is 2.50 bits per heavy atom. The Morgan fingerprint density at radius 2 is 1.85 bits per heavy atom. The van der Waals surface area contributed by atoms with Gasteiger partial charge in [-0.1, -0.05) is 42.8 Å². The van der Waals surface area contributed by atoms with Gasteiger partial charge in [-0.2, -0.15) is 0 Å². The molecule has 0 fully saturated rings. The molecule has 1 amide bonds. The molecule has 2 aromatic rings. The van der Waals surface area contributed by atoms with Crippen LogP contribution in [0.1, 0.15) is 24.8 Å². The lowest BCUT2D eigenvalue weighted by Crippen LogP contribution is -2.14. The van der Waals surface area contributed by atoms with Crippen LogP contribution < -0.4 is 11.1 Å². The molecule has 2 aromatic carbocycles. The largest absolute Gasteiger partial charge is 0.399 e. The van der Waals surface area contributed by atoms with Crippen molar-refractivity contribution in [2.24, 2.45) is 0 Å².